The monoisotopic (exact) mass is 532 g/mol. The number of aliphatic carboxylic acids is 2. The number of aliphatic hydroxyl groups is 1. The van der Waals surface area contributed by atoms with Crippen molar-refractivity contribution in [2.75, 3.05) is 13.1 Å². The zero-order valence-electron chi connectivity index (χ0n) is 20.9. The summed E-state index contributed by atoms with van der Waals surface area (Å²) in [6.45, 7) is 1.73. The lowest BCUT2D eigenvalue weighted by atomic mass is 10.1. The van der Waals surface area contributed by atoms with Gasteiger partial charge in [0, 0.05) is 13.0 Å². The number of aliphatic hydroxyl groups excluding tert-OH is 1. The van der Waals surface area contributed by atoms with Gasteiger partial charge in [0.2, 0.25) is 17.7 Å². The van der Waals surface area contributed by atoms with Gasteiger partial charge in [0.25, 0.3) is 0 Å². The van der Waals surface area contributed by atoms with Crippen molar-refractivity contribution in [3.05, 3.63) is 0 Å². The van der Waals surface area contributed by atoms with E-state index in [9.17, 15) is 34.2 Å². The molecule has 16 heteroatoms. The second-order valence-electron chi connectivity index (χ2n) is 8.46. The summed E-state index contributed by atoms with van der Waals surface area (Å²) in [5.74, 6) is -5.41. The SMILES string of the molecule is CC(O)C(NC(=O)C(CCC(=O)O)NC(=O)C(N)CCCCN)C(=O)NC(CCCN=C(N)N)C(=O)O. The lowest BCUT2D eigenvalue weighted by molar-refractivity contribution is -0.143. The molecule has 0 heterocycles. The van der Waals surface area contributed by atoms with E-state index in [4.69, 9.17) is 28.0 Å². The minimum atomic E-state index is -1.60. The number of nitrogens with two attached hydrogens (primary N) is 4. The van der Waals surface area contributed by atoms with Gasteiger partial charge in [-0.25, -0.2) is 4.79 Å². The Morgan fingerprint density at radius 3 is 1.97 bits per heavy atom. The fraction of sp³-hybridized carbons (Fsp3) is 0.714. The Labute approximate surface area is 214 Å². The fourth-order valence-electron chi connectivity index (χ4n) is 3.14. The van der Waals surface area contributed by atoms with Crippen molar-refractivity contribution >= 4 is 35.6 Å². The first-order valence-electron chi connectivity index (χ1n) is 11.8. The van der Waals surface area contributed by atoms with Crippen LogP contribution in [0.3, 0.4) is 0 Å². The summed E-state index contributed by atoms with van der Waals surface area (Å²) in [4.78, 5) is 64.3. The molecule has 3 amide bonds. The first kappa shape index (κ1) is 33.5. The number of hydrogen-bond donors (Lipinski definition) is 10. The maximum absolute atomic E-state index is 12.9. The Kier molecular flexibility index (Phi) is 16.2. The fourth-order valence-corrected chi connectivity index (χ4v) is 3.14. The van der Waals surface area contributed by atoms with Crippen molar-refractivity contribution in [3.8, 4) is 0 Å². The molecule has 37 heavy (non-hydrogen) atoms. The molecule has 0 aliphatic heterocycles. The molecule has 16 nitrogen and oxygen atoms in total. The average Bonchev–Trinajstić information content (AvgIpc) is 2.80. The summed E-state index contributed by atoms with van der Waals surface area (Å²) in [6, 6.07) is -5.32. The Morgan fingerprint density at radius 2 is 1.46 bits per heavy atom. The van der Waals surface area contributed by atoms with E-state index >= 15 is 0 Å². The summed E-state index contributed by atoms with van der Waals surface area (Å²) in [7, 11) is 0. The number of nitrogens with zero attached hydrogens (tertiary/aromatic N) is 1. The van der Waals surface area contributed by atoms with E-state index in [1.807, 2.05) is 0 Å². The highest BCUT2D eigenvalue weighted by Gasteiger charge is 2.32. The Bertz CT molecular complexity index is 803. The van der Waals surface area contributed by atoms with Gasteiger partial charge in [-0.1, -0.05) is 6.42 Å². The predicted molar refractivity (Wildman–Crippen MR) is 133 cm³/mol. The van der Waals surface area contributed by atoms with E-state index in [1.165, 1.54) is 6.92 Å². The molecule has 0 aliphatic carbocycles. The summed E-state index contributed by atoms with van der Waals surface area (Å²) < 4.78 is 0. The van der Waals surface area contributed by atoms with Gasteiger partial charge in [0.05, 0.1) is 12.1 Å². The molecule has 5 atom stereocenters. The second-order valence-corrected chi connectivity index (χ2v) is 8.46. The maximum Gasteiger partial charge on any atom is 0.326 e. The Morgan fingerprint density at radius 1 is 0.838 bits per heavy atom. The van der Waals surface area contributed by atoms with Crippen molar-refractivity contribution < 1.29 is 39.3 Å². The van der Waals surface area contributed by atoms with Crippen LogP contribution in [0.2, 0.25) is 0 Å². The Balaban J connectivity index is 5.39. The number of guanidine groups is 1. The number of hydrogen-bond acceptors (Lipinski definition) is 9. The molecule has 0 aromatic carbocycles. The molecule has 14 N–H and O–H groups in total. The highest BCUT2D eigenvalue weighted by Crippen LogP contribution is 2.05. The van der Waals surface area contributed by atoms with E-state index in [2.05, 4.69) is 20.9 Å². The van der Waals surface area contributed by atoms with Gasteiger partial charge < -0.3 is 54.2 Å². The molecule has 0 aromatic heterocycles. The Hall–Kier alpha value is -3.50. The number of carboxylic acid groups (broad SMARTS) is 2. The molecule has 0 bridgehead atoms. The van der Waals surface area contributed by atoms with Crippen LogP contribution >= 0.6 is 0 Å². The molecule has 0 saturated heterocycles. The van der Waals surface area contributed by atoms with E-state index < -0.39 is 66.4 Å². The number of rotatable bonds is 19. The zero-order valence-corrected chi connectivity index (χ0v) is 20.9. The maximum atomic E-state index is 12.9. The number of carbonyl (C=O) groups is 5. The van der Waals surface area contributed by atoms with Crippen molar-refractivity contribution in [2.24, 2.45) is 27.9 Å². The lowest BCUT2D eigenvalue weighted by Gasteiger charge is -2.26. The number of unbranched alkanes of at least 4 members (excludes halogenated alkanes) is 1. The molecule has 0 saturated carbocycles. The summed E-state index contributed by atoms with van der Waals surface area (Å²) in [5, 5.41) is 35.3. The smallest absolute Gasteiger partial charge is 0.326 e. The summed E-state index contributed by atoms with van der Waals surface area (Å²) in [6.07, 6.45) is -0.599. The van der Waals surface area contributed by atoms with Crippen molar-refractivity contribution in [3.63, 3.8) is 0 Å². The number of aliphatic imine (C=N–C) groups is 1. The van der Waals surface area contributed by atoms with Gasteiger partial charge in [-0.15, -0.1) is 0 Å². The molecule has 0 aliphatic rings. The highest BCUT2D eigenvalue weighted by atomic mass is 16.4. The van der Waals surface area contributed by atoms with E-state index in [1.54, 1.807) is 0 Å². The molecule has 0 spiro atoms. The van der Waals surface area contributed by atoms with Gasteiger partial charge in [-0.2, -0.15) is 0 Å². The second kappa shape index (κ2) is 17.9. The third-order valence-corrected chi connectivity index (χ3v) is 5.21. The van der Waals surface area contributed by atoms with Gasteiger partial charge in [-0.3, -0.25) is 24.2 Å². The number of carbonyl (C=O) groups excluding carboxylic acids is 3. The minimum Gasteiger partial charge on any atom is -0.481 e. The van der Waals surface area contributed by atoms with Crippen molar-refractivity contribution in [2.45, 2.75) is 82.1 Å². The topological polar surface area (TPSA) is 299 Å². The molecule has 0 aromatic rings. The molecular weight excluding hydrogens is 492 g/mol. The van der Waals surface area contributed by atoms with Gasteiger partial charge in [0.1, 0.15) is 18.1 Å². The van der Waals surface area contributed by atoms with Crippen LogP contribution in [0.25, 0.3) is 0 Å². The number of nitrogens with one attached hydrogen (secondary N) is 3. The normalized spacial score (nSPS) is 14.8. The largest absolute Gasteiger partial charge is 0.481 e. The molecule has 0 radical (unpaired) electrons. The van der Waals surface area contributed by atoms with Gasteiger partial charge in [0.15, 0.2) is 5.96 Å². The van der Waals surface area contributed by atoms with Crippen LogP contribution in [0.4, 0.5) is 0 Å². The van der Waals surface area contributed by atoms with Crippen LogP contribution in [0, 0.1) is 0 Å². The van der Waals surface area contributed by atoms with Crippen LogP contribution in [-0.2, 0) is 24.0 Å². The quantitative estimate of drug-likeness (QED) is 0.0436. The molecule has 0 fully saturated rings. The number of carboxylic acids is 2. The first-order valence-corrected chi connectivity index (χ1v) is 11.8. The first-order chi connectivity index (χ1) is 17.3. The average molecular weight is 533 g/mol. The predicted octanol–water partition coefficient (Wildman–Crippen LogP) is -3.72. The van der Waals surface area contributed by atoms with Crippen molar-refractivity contribution in [1.29, 1.82) is 0 Å². The highest BCUT2D eigenvalue weighted by molar-refractivity contribution is 5.94. The van der Waals surface area contributed by atoms with Crippen molar-refractivity contribution in [1.82, 2.24) is 16.0 Å². The third kappa shape index (κ3) is 14.6. The third-order valence-electron chi connectivity index (χ3n) is 5.21. The van der Waals surface area contributed by atoms with Crippen LogP contribution in [0.15, 0.2) is 4.99 Å². The van der Waals surface area contributed by atoms with E-state index in [0.717, 1.165) is 0 Å². The van der Waals surface area contributed by atoms with E-state index in [0.29, 0.717) is 19.4 Å². The standard InChI is InChI=1S/C21H40N8O8/c1-11(30)16(19(35)28-14(20(36)37)6-4-10-26-21(24)25)29-18(34)13(7-8-15(31)32)27-17(33)12(23)5-2-3-9-22/h11-14,16,30H,2-10,22-23H2,1H3,(H,27,33)(H,28,35)(H,29,34)(H,31,32)(H,36,37)(H4,24,25,26). The molecule has 5 unspecified atom stereocenters. The lowest BCUT2D eigenvalue weighted by Crippen LogP contribution is -2.59. The molecule has 0 rings (SSSR count). The number of amides is 3. The van der Waals surface area contributed by atoms with Crippen LogP contribution in [0.5, 0.6) is 0 Å². The van der Waals surface area contributed by atoms with E-state index in [-0.39, 0.29) is 38.2 Å². The molecule has 212 valence electrons. The molecular formula is C21H40N8O8. The van der Waals surface area contributed by atoms with Crippen LogP contribution < -0.4 is 38.9 Å². The van der Waals surface area contributed by atoms with Gasteiger partial charge >= 0.3 is 11.9 Å². The van der Waals surface area contributed by atoms with Crippen LogP contribution in [-0.4, -0.2) is 94.3 Å². The summed E-state index contributed by atoms with van der Waals surface area (Å²) >= 11 is 0. The van der Waals surface area contributed by atoms with Crippen LogP contribution in [0.1, 0.15) is 51.9 Å². The minimum absolute atomic E-state index is 0.0440. The van der Waals surface area contributed by atoms with Gasteiger partial charge in [-0.05, 0) is 45.6 Å². The summed E-state index contributed by atoms with van der Waals surface area (Å²) in [5.41, 5.74) is 21.7. The zero-order chi connectivity index (χ0) is 28.5.